The van der Waals surface area contributed by atoms with Gasteiger partial charge in [0.05, 0.1) is 28.3 Å². The van der Waals surface area contributed by atoms with Crippen LogP contribution in [0.5, 0.6) is 5.75 Å². The molecule has 1 aromatic carbocycles. The Morgan fingerprint density at radius 1 is 1.04 bits per heavy atom. The molecular formula is C19H19F3N4O. The summed E-state index contributed by atoms with van der Waals surface area (Å²) in [4.78, 5) is 12.9. The van der Waals surface area contributed by atoms with Crippen molar-refractivity contribution in [2.24, 2.45) is 0 Å². The molecule has 8 heteroatoms. The highest BCUT2D eigenvalue weighted by atomic mass is 19.4. The van der Waals surface area contributed by atoms with E-state index in [1.165, 1.54) is 18.2 Å². The Hall–Kier alpha value is -2.90. The van der Waals surface area contributed by atoms with Gasteiger partial charge in [0.1, 0.15) is 17.4 Å². The Morgan fingerprint density at radius 3 is 2.41 bits per heavy atom. The molecule has 0 spiro atoms. The fourth-order valence-corrected chi connectivity index (χ4v) is 2.83. The first-order valence-electron chi connectivity index (χ1n) is 8.41. The number of ether oxygens (including phenoxy) is 1. The van der Waals surface area contributed by atoms with Crippen LogP contribution in [-0.4, -0.2) is 28.1 Å². The number of halogens is 3. The fraction of sp³-hybridized carbons (Fsp3) is 0.316. The fourth-order valence-electron chi connectivity index (χ4n) is 2.83. The number of nitrogens with one attached hydrogen (secondary N) is 1. The molecule has 0 fully saturated rings. The van der Waals surface area contributed by atoms with Gasteiger partial charge in [-0.1, -0.05) is 6.07 Å². The molecule has 3 rings (SSSR count). The largest absolute Gasteiger partial charge is 0.490 e. The minimum absolute atomic E-state index is 0.0946. The lowest BCUT2D eigenvalue weighted by atomic mass is 10.0. The van der Waals surface area contributed by atoms with Crippen LogP contribution in [0.15, 0.2) is 30.3 Å². The minimum Gasteiger partial charge on any atom is -0.490 e. The van der Waals surface area contributed by atoms with Gasteiger partial charge in [-0.15, -0.1) is 0 Å². The number of fused-ring (bicyclic) bond motifs is 1. The quantitative estimate of drug-likeness (QED) is 0.705. The summed E-state index contributed by atoms with van der Waals surface area (Å²) < 4.78 is 46.5. The Kier molecular flexibility index (Phi) is 4.91. The number of rotatable bonds is 4. The molecule has 2 heterocycles. The van der Waals surface area contributed by atoms with Crippen molar-refractivity contribution in [1.29, 1.82) is 0 Å². The van der Waals surface area contributed by atoms with Crippen molar-refractivity contribution in [3.8, 4) is 17.0 Å². The highest BCUT2D eigenvalue weighted by Gasteiger charge is 2.35. The van der Waals surface area contributed by atoms with Gasteiger partial charge in [0.15, 0.2) is 5.65 Å². The molecule has 2 aromatic heterocycles. The van der Waals surface area contributed by atoms with Gasteiger partial charge in [-0.05, 0) is 45.0 Å². The second-order valence-electron chi connectivity index (χ2n) is 6.28. The van der Waals surface area contributed by atoms with Crippen LogP contribution in [0.25, 0.3) is 22.3 Å². The Morgan fingerprint density at radius 2 is 1.78 bits per heavy atom. The van der Waals surface area contributed by atoms with Crippen LogP contribution >= 0.6 is 0 Å². The first-order valence-corrected chi connectivity index (χ1v) is 8.41. The van der Waals surface area contributed by atoms with Crippen molar-refractivity contribution in [1.82, 2.24) is 15.0 Å². The topological polar surface area (TPSA) is 59.9 Å². The maximum Gasteiger partial charge on any atom is 0.417 e. The molecule has 0 aliphatic carbocycles. The Labute approximate surface area is 154 Å². The molecule has 0 aliphatic rings. The molecule has 0 atom stereocenters. The van der Waals surface area contributed by atoms with E-state index in [0.717, 1.165) is 6.07 Å². The summed E-state index contributed by atoms with van der Waals surface area (Å²) in [6, 6.07) is 7.06. The summed E-state index contributed by atoms with van der Waals surface area (Å²) in [6.45, 7) is 5.22. The molecule has 142 valence electrons. The predicted octanol–water partition coefficient (Wildman–Crippen LogP) is 4.85. The third kappa shape index (κ3) is 3.79. The number of benzene rings is 1. The summed E-state index contributed by atoms with van der Waals surface area (Å²) in [7, 11) is 1.71. The maximum atomic E-state index is 13.6. The van der Waals surface area contributed by atoms with Crippen molar-refractivity contribution in [3.63, 3.8) is 0 Å². The number of aromatic nitrogens is 3. The molecule has 1 N–H and O–H groups in total. The number of nitrogens with zero attached hydrogens (tertiary/aromatic N) is 3. The number of anilines is 1. The summed E-state index contributed by atoms with van der Waals surface area (Å²) >= 11 is 0. The highest BCUT2D eigenvalue weighted by Crippen LogP contribution is 2.42. The maximum absolute atomic E-state index is 13.6. The van der Waals surface area contributed by atoms with E-state index in [2.05, 4.69) is 20.3 Å². The molecule has 5 nitrogen and oxygen atoms in total. The van der Waals surface area contributed by atoms with Gasteiger partial charge in [0.25, 0.3) is 0 Å². The zero-order chi connectivity index (χ0) is 19.8. The number of alkyl halides is 3. The lowest BCUT2D eigenvalue weighted by Gasteiger charge is -2.19. The van der Waals surface area contributed by atoms with E-state index in [0.29, 0.717) is 22.7 Å². The van der Waals surface area contributed by atoms with Crippen molar-refractivity contribution in [2.75, 3.05) is 12.4 Å². The molecule has 0 unspecified atom stereocenters. The lowest BCUT2D eigenvalue weighted by Crippen LogP contribution is -2.12. The number of hydrogen-bond acceptors (Lipinski definition) is 5. The van der Waals surface area contributed by atoms with Crippen LogP contribution in [0.2, 0.25) is 0 Å². The van der Waals surface area contributed by atoms with Gasteiger partial charge in [-0.25, -0.2) is 15.0 Å². The van der Waals surface area contributed by atoms with Crippen LogP contribution < -0.4 is 10.1 Å². The molecule has 3 aromatic rings. The van der Waals surface area contributed by atoms with Gasteiger partial charge in [-0.2, -0.15) is 13.2 Å². The van der Waals surface area contributed by atoms with Crippen LogP contribution in [0.4, 0.5) is 19.0 Å². The predicted molar refractivity (Wildman–Crippen MR) is 97.8 cm³/mol. The Balaban J connectivity index is 2.29. The summed E-state index contributed by atoms with van der Waals surface area (Å²) in [5.74, 6) is 1.17. The highest BCUT2D eigenvalue weighted by molar-refractivity contribution is 5.89. The number of hydrogen-bond donors (Lipinski definition) is 1. The van der Waals surface area contributed by atoms with E-state index in [1.54, 1.807) is 33.9 Å². The van der Waals surface area contributed by atoms with Gasteiger partial charge in [-0.3, -0.25) is 0 Å². The average Bonchev–Trinajstić information content (AvgIpc) is 2.58. The third-order valence-corrected chi connectivity index (χ3v) is 3.86. The second kappa shape index (κ2) is 7.02. The van der Waals surface area contributed by atoms with Gasteiger partial charge >= 0.3 is 6.18 Å². The van der Waals surface area contributed by atoms with E-state index in [4.69, 9.17) is 4.74 Å². The van der Waals surface area contributed by atoms with E-state index >= 15 is 0 Å². The van der Waals surface area contributed by atoms with Crippen molar-refractivity contribution >= 4 is 16.9 Å². The van der Waals surface area contributed by atoms with E-state index < -0.39 is 11.7 Å². The summed E-state index contributed by atoms with van der Waals surface area (Å²) in [5, 5.41) is 3.57. The average molecular weight is 376 g/mol. The lowest BCUT2D eigenvalue weighted by molar-refractivity contribution is -0.137. The first kappa shape index (κ1) is 18.9. The summed E-state index contributed by atoms with van der Waals surface area (Å²) in [5.41, 5.74) is -0.432. The molecule has 0 bridgehead atoms. The van der Waals surface area contributed by atoms with Gasteiger partial charge < -0.3 is 10.1 Å². The second-order valence-corrected chi connectivity index (χ2v) is 6.28. The van der Waals surface area contributed by atoms with Gasteiger partial charge in [0, 0.05) is 7.05 Å². The minimum atomic E-state index is -4.54. The monoisotopic (exact) mass is 376 g/mol. The SMILES string of the molecule is CNc1nc(C)nc2nc(-c3c(OC(C)C)cccc3C(F)(F)F)ccc12. The standard InChI is InChI=1S/C19H19F3N4O/c1-10(2)27-15-7-5-6-13(19(20,21)22)16(15)14-9-8-12-17(23-4)24-11(3)25-18(12)26-14/h5-10H,1-4H3,(H,23,24,25,26). The summed E-state index contributed by atoms with van der Waals surface area (Å²) in [6.07, 6.45) is -4.83. The van der Waals surface area contributed by atoms with Crippen molar-refractivity contribution in [3.05, 3.63) is 41.7 Å². The zero-order valence-corrected chi connectivity index (χ0v) is 15.3. The molecule has 0 aliphatic heterocycles. The molecule has 27 heavy (non-hydrogen) atoms. The molecular weight excluding hydrogens is 357 g/mol. The normalized spacial score (nSPS) is 11.9. The smallest absolute Gasteiger partial charge is 0.417 e. The number of aryl methyl sites for hydroxylation is 1. The van der Waals surface area contributed by atoms with Gasteiger partial charge in [0.2, 0.25) is 0 Å². The van der Waals surface area contributed by atoms with Crippen molar-refractivity contribution < 1.29 is 17.9 Å². The Bertz CT molecular complexity index is 987. The zero-order valence-electron chi connectivity index (χ0n) is 15.3. The molecule has 0 amide bonds. The van der Waals surface area contributed by atoms with Crippen LogP contribution in [0.3, 0.4) is 0 Å². The molecule has 0 radical (unpaired) electrons. The van der Waals surface area contributed by atoms with Crippen molar-refractivity contribution in [2.45, 2.75) is 33.1 Å². The van der Waals surface area contributed by atoms with Crippen LogP contribution in [-0.2, 0) is 6.18 Å². The van der Waals surface area contributed by atoms with E-state index in [-0.39, 0.29) is 23.1 Å². The molecule has 0 saturated heterocycles. The van der Waals surface area contributed by atoms with Crippen LogP contribution in [0, 0.1) is 6.92 Å². The van der Waals surface area contributed by atoms with Crippen LogP contribution in [0.1, 0.15) is 25.2 Å². The third-order valence-electron chi connectivity index (χ3n) is 3.86. The van der Waals surface area contributed by atoms with E-state index in [1.807, 2.05) is 0 Å². The first-order chi connectivity index (χ1) is 12.7. The molecule has 0 saturated carbocycles. The van der Waals surface area contributed by atoms with E-state index in [9.17, 15) is 13.2 Å². The number of pyridine rings is 1.